The van der Waals surface area contributed by atoms with Gasteiger partial charge in [-0.3, -0.25) is 0 Å². The van der Waals surface area contributed by atoms with Crippen LogP contribution in [0.2, 0.25) is 0 Å². The van der Waals surface area contributed by atoms with Gasteiger partial charge in [0, 0.05) is 0 Å². The Hall–Kier alpha value is -2.54. The van der Waals surface area contributed by atoms with Crippen molar-refractivity contribution in [1.29, 1.82) is 0 Å². The zero-order valence-corrected chi connectivity index (χ0v) is 11.8. The summed E-state index contributed by atoms with van der Waals surface area (Å²) >= 11 is 0. The number of ether oxygens (including phenoxy) is 2. The maximum atomic E-state index is 12.5. The first-order valence-electron chi connectivity index (χ1n) is 6.63. The lowest BCUT2D eigenvalue weighted by molar-refractivity contribution is -0.137. The first kappa shape index (κ1) is 16.8. The van der Waals surface area contributed by atoms with Crippen LogP contribution in [0.3, 0.4) is 0 Å². The quantitative estimate of drug-likeness (QED) is 0.677. The van der Waals surface area contributed by atoms with Gasteiger partial charge in [-0.15, -0.1) is 0 Å². The Morgan fingerprint density at radius 3 is 2.04 bits per heavy atom. The van der Waals surface area contributed by atoms with Crippen molar-refractivity contribution in [1.82, 2.24) is 0 Å². The van der Waals surface area contributed by atoms with Crippen LogP contribution in [0, 0.1) is 0 Å². The van der Waals surface area contributed by atoms with E-state index in [1.54, 1.807) is 12.1 Å². The molecule has 122 valence electrons. The molecular formula is C16H13F3O4. The number of benzene rings is 2. The molecule has 0 amide bonds. The normalized spacial score (nSPS) is 11.1. The Morgan fingerprint density at radius 2 is 1.52 bits per heavy atom. The molecule has 0 bridgehead atoms. The molecular weight excluding hydrogens is 313 g/mol. The number of halogens is 3. The molecule has 0 radical (unpaired) electrons. The van der Waals surface area contributed by atoms with Crippen LogP contribution in [-0.2, 0) is 6.18 Å². The van der Waals surface area contributed by atoms with Gasteiger partial charge in [0.25, 0.3) is 0 Å². The molecule has 2 aromatic carbocycles. The first-order chi connectivity index (χ1) is 10.9. The summed E-state index contributed by atoms with van der Waals surface area (Å²) in [5.41, 5.74) is -0.821. The molecule has 7 heteroatoms. The second-order valence-electron chi connectivity index (χ2n) is 4.51. The lowest BCUT2D eigenvalue weighted by Crippen LogP contribution is -2.10. The van der Waals surface area contributed by atoms with Crippen LogP contribution < -0.4 is 9.47 Å². The van der Waals surface area contributed by atoms with Crippen LogP contribution in [0.1, 0.15) is 15.9 Å². The molecule has 0 heterocycles. The van der Waals surface area contributed by atoms with Crippen molar-refractivity contribution in [3.8, 4) is 11.5 Å². The molecule has 0 saturated carbocycles. The Bertz CT molecular complexity index is 649. The molecule has 1 N–H and O–H groups in total. The third kappa shape index (κ3) is 4.72. The lowest BCUT2D eigenvalue weighted by Gasteiger charge is -2.08. The minimum absolute atomic E-state index is 0.0126. The summed E-state index contributed by atoms with van der Waals surface area (Å²) in [7, 11) is 0. The van der Waals surface area contributed by atoms with Crippen LogP contribution in [0.5, 0.6) is 11.5 Å². The van der Waals surface area contributed by atoms with E-state index < -0.39 is 17.7 Å². The molecule has 0 atom stereocenters. The van der Waals surface area contributed by atoms with Gasteiger partial charge in [-0.2, -0.15) is 13.2 Å². The number of esters is 1. The molecule has 0 unspecified atom stereocenters. The third-order valence-corrected chi connectivity index (χ3v) is 2.84. The number of carbonyl (C=O) groups excluding carboxylic acids is 1. The summed E-state index contributed by atoms with van der Waals surface area (Å²) in [6.07, 6.45) is -4.45. The summed E-state index contributed by atoms with van der Waals surface area (Å²) < 4.78 is 47.6. The predicted octanol–water partition coefficient (Wildman–Crippen LogP) is 3.30. The average Bonchev–Trinajstić information content (AvgIpc) is 2.53. The summed E-state index contributed by atoms with van der Waals surface area (Å²) in [6.45, 7) is 0.0232. The summed E-state index contributed by atoms with van der Waals surface area (Å²) in [5.74, 6) is -0.0395. The van der Waals surface area contributed by atoms with Crippen molar-refractivity contribution >= 4 is 5.97 Å². The van der Waals surface area contributed by atoms with Gasteiger partial charge in [0.15, 0.2) is 0 Å². The fraction of sp³-hybridized carbons (Fsp3) is 0.188. The van der Waals surface area contributed by atoms with Gasteiger partial charge < -0.3 is 14.6 Å². The number of aliphatic hydroxyl groups excluding tert-OH is 1. The zero-order chi connectivity index (χ0) is 16.9. The van der Waals surface area contributed by atoms with Crippen LogP contribution in [0.4, 0.5) is 13.2 Å². The van der Waals surface area contributed by atoms with Crippen molar-refractivity contribution < 1.29 is 32.5 Å². The molecule has 0 spiro atoms. The molecule has 0 aliphatic carbocycles. The molecule has 4 nitrogen and oxygen atoms in total. The van der Waals surface area contributed by atoms with E-state index in [4.69, 9.17) is 14.6 Å². The highest BCUT2D eigenvalue weighted by atomic mass is 19.4. The molecule has 2 rings (SSSR count). The Morgan fingerprint density at radius 1 is 0.957 bits per heavy atom. The number of aliphatic hydroxyl groups is 1. The highest BCUT2D eigenvalue weighted by Crippen LogP contribution is 2.29. The van der Waals surface area contributed by atoms with E-state index in [-0.39, 0.29) is 24.5 Å². The third-order valence-electron chi connectivity index (χ3n) is 2.84. The molecule has 0 fully saturated rings. The van der Waals surface area contributed by atoms with Crippen LogP contribution in [0.25, 0.3) is 0 Å². The minimum atomic E-state index is -4.45. The van der Waals surface area contributed by atoms with Gasteiger partial charge in [-0.05, 0) is 48.5 Å². The molecule has 0 aromatic heterocycles. The molecule has 0 aliphatic rings. The van der Waals surface area contributed by atoms with Crippen LogP contribution in [0.15, 0.2) is 48.5 Å². The monoisotopic (exact) mass is 326 g/mol. The number of hydrogen-bond acceptors (Lipinski definition) is 4. The van der Waals surface area contributed by atoms with Crippen molar-refractivity contribution in [2.75, 3.05) is 13.2 Å². The van der Waals surface area contributed by atoms with Crippen molar-refractivity contribution in [2.45, 2.75) is 6.18 Å². The van der Waals surface area contributed by atoms with Gasteiger partial charge in [-0.25, -0.2) is 4.79 Å². The molecule has 2 aromatic rings. The summed E-state index contributed by atoms with van der Waals surface area (Å²) in [4.78, 5) is 11.9. The van der Waals surface area contributed by atoms with Crippen molar-refractivity contribution in [3.63, 3.8) is 0 Å². The standard InChI is InChI=1S/C16H13F3O4/c17-16(18,19)12-3-1-11(2-4-12)15(21)23-14-7-5-13(6-8-14)22-10-9-20/h1-8,20H,9-10H2. The Kier molecular flexibility index (Phi) is 5.23. The van der Waals surface area contributed by atoms with E-state index >= 15 is 0 Å². The van der Waals surface area contributed by atoms with E-state index in [0.29, 0.717) is 5.75 Å². The maximum Gasteiger partial charge on any atom is 0.416 e. The smallest absolute Gasteiger partial charge is 0.416 e. The minimum Gasteiger partial charge on any atom is -0.491 e. The maximum absolute atomic E-state index is 12.5. The highest BCUT2D eigenvalue weighted by Gasteiger charge is 2.30. The lowest BCUT2D eigenvalue weighted by atomic mass is 10.1. The van der Waals surface area contributed by atoms with E-state index in [9.17, 15) is 18.0 Å². The average molecular weight is 326 g/mol. The van der Waals surface area contributed by atoms with Gasteiger partial charge >= 0.3 is 12.1 Å². The molecule has 0 aliphatic heterocycles. The number of rotatable bonds is 5. The van der Waals surface area contributed by atoms with Gasteiger partial charge in [0.1, 0.15) is 18.1 Å². The van der Waals surface area contributed by atoms with E-state index in [0.717, 1.165) is 24.3 Å². The van der Waals surface area contributed by atoms with E-state index in [1.165, 1.54) is 12.1 Å². The molecule has 23 heavy (non-hydrogen) atoms. The Balaban J connectivity index is 2.01. The molecule has 0 saturated heterocycles. The van der Waals surface area contributed by atoms with Crippen molar-refractivity contribution in [3.05, 3.63) is 59.7 Å². The number of carbonyl (C=O) groups is 1. The van der Waals surface area contributed by atoms with Gasteiger partial charge in [0.05, 0.1) is 17.7 Å². The van der Waals surface area contributed by atoms with Crippen LogP contribution in [-0.4, -0.2) is 24.3 Å². The first-order valence-corrected chi connectivity index (χ1v) is 6.63. The number of alkyl halides is 3. The fourth-order valence-corrected chi connectivity index (χ4v) is 1.73. The largest absolute Gasteiger partial charge is 0.491 e. The number of hydrogen-bond donors (Lipinski definition) is 1. The SMILES string of the molecule is O=C(Oc1ccc(OCCO)cc1)c1ccc(C(F)(F)F)cc1. The van der Waals surface area contributed by atoms with E-state index in [1.807, 2.05) is 0 Å². The summed E-state index contributed by atoms with van der Waals surface area (Å²) in [5, 5.41) is 8.63. The highest BCUT2D eigenvalue weighted by molar-refractivity contribution is 5.91. The predicted molar refractivity (Wildman–Crippen MR) is 75.4 cm³/mol. The fourth-order valence-electron chi connectivity index (χ4n) is 1.73. The Labute approximate surface area is 130 Å². The van der Waals surface area contributed by atoms with E-state index in [2.05, 4.69) is 0 Å². The van der Waals surface area contributed by atoms with Crippen molar-refractivity contribution in [2.24, 2.45) is 0 Å². The van der Waals surface area contributed by atoms with Crippen LogP contribution >= 0.6 is 0 Å². The van der Waals surface area contributed by atoms with Gasteiger partial charge in [0.2, 0.25) is 0 Å². The second-order valence-corrected chi connectivity index (χ2v) is 4.51. The zero-order valence-electron chi connectivity index (χ0n) is 11.8. The second kappa shape index (κ2) is 7.15. The summed E-state index contributed by atoms with van der Waals surface area (Å²) in [6, 6.07) is 9.82. The van der Waals surface area contributed by atoms with Gasteiger partial charge in [-0.1, -0.05) is 0 Å². The topological polar surface area (TPSA) is 55.8 Å².